The molecule has 1 heterocycles. The van der Waals surface area contributed by atoms with Gasteiger partial charge in [-0.1, -0.05) is 12.1 Å². The van der Waals surface area contributed by atoms with E-state index >= 15 is 0 Å². The number of fused-ring (bicyclic) bond motifs is 1. The first-order valence-corrected chi connectivity index (χ1v) is 6.48. The summed E-state index contributed by atoms with van der Waals surface area (Å²) in [5.74, 6) is 0.868. The van der Waals surface area contributed by atoms with Crippen LogP contribution in [0.2, 0.25) is 0 Å². The molecule has 1 aromatic carbocycles. The van der Waals surface area contributed by atoms with Gasteiger partial charge in [0.05, 0.1) is 6.61 Å². The van der Waals surface area contributed by atoms with E-state index in [1.165, 1.54) is 10.9 Å². The van der Waals surface area contributed by atoms with Crippen LogP contribution in [-0.4, -0.2) is 18.1 Å². The second kappa shape index (κ2) is 5.83. The Morgan fingerprint density at radius 3 is 2.89 bits per heavy atom. The van der Waals surface area contributed by atoms with Crippen LogP contribution < -0.4 is 10.5 Å². The molecule has 1 aromatic heterocycles. The van der Waals surface area contributed by atoms with Gasteiger partial charge in [0.2, 0.25) is 0 Å². The molecule has 3 heteroatoms. The number of ether oxygens (including phenoxy) is 1. The van der Waals surface area contributed by atoms with E-state index in [9.17, 15) is 0 Å². The molecule has 0 aliphatic heterocycles. The molecule has 3 nitrogen and oxygen atoms in total. The molecule has 0 amide bonds. The predicted molar refractivity (Wildman–Crippen MR) is 75.0 cm³/mol. The number of hydrogen-bond acceptors (Lipinski definition) is 3. The first-order chi connectivity index (χ1) is 8.76. The number of rotatable bonds is 5. The van der Waals surface area contributed by atoms with Gasteiger partial charge in [-0.2, -0.15) is 0 Å². The van der Waals surface area contributed by atoms with Crippen LogP contribution in [0.4, 0.5) is 0 Å². The van der Waals surface area contributed by atoms with E-state index in [1.54, 1.807) is 0 Å². The predicted octanol–water partition coefficient (Wildman–Crippen LogP) is 2.83. The van der Waals surface area contributed by atoms with Gasteiger partial charge < -0.3 is 10.5 Å². The maximum absolute atomic E-state index is 5.65. The van der Waals surface area contributed by atoms with E-state index < -0.39 is 0 Å². The molecule has 96 valence electrons. The zero-order valence-corrected chi connectivity index (χ0v) is 11.1. The third-order valence-corrected chi connectivity index (χ3v) is 2.97. The maximum atomic E-state index is 5.65. The van der Waals surface area contributed by atoms with Crippen molar-refractivity contribution in [3.05, 3.63) is 35.5 Å². The molecule has 0 aliphatic carbocycles. The normalized spacial score (nSPS) is 10.8. The van der Waals surface area contributed by atoms with Gasteiger partial charge in [-0.05, 0) is 50.9 Å². The minimum atomic E-state index is 0.660. The first kappa shape index (κ1) is 12.8. The van der Waals surface area contributed by atoms with E-state index in [-0.39, 0.29) is 0 Å². The SMILES string of the molecule is CCOc1cccc2c(CCCN)cc(C)nc12. The van der Waals surface area contributed by atoms with Crippen molar-refractivity contribution >= 4 is 10.9 Å². The van der Waals surface area contributed by atoms with Crippen LogP contribution >= 0.6 is 0 Å². The summed E-state index contributed by atoms with van der Waals surface area (Å²) < 4.78 is 5.65. The lowest BCUT2D eigenvalue weighted by Gasteiger charge is -2.11. The Labute approximate surface area is 108 Å². The van der Waals surface area contributed by atoms with Gasteiger partial charge in [-0.25, -0.2) is 4.98 Å². The molecule has 0 radical (unpaired) electrons. The van der Waals surface area contributed by atoms with E-state index in [0.29, 0.717) is 13.2 Å². The monoisotopic (exact) mass is 244 g/mol. The first-order valence-electron chi connectivity index (χ1n) is 6.48. The number of nitrogens with zero attached hydrogens (tertiary/aromatic N) is 1. The van der Waals surface area contributed by atoms with Crippen LogP contribution in [0, 0.1) is 6.92 Å². The Bertz CT molecular complexity index is 537. The zero-order valence-electron chi connectivity index (χ0n) is 11.1. The molecule has 2 aromatic rings. The third kappa shape index (κ3) is 2.62. The summed E-state index contributed by atoms with van der Waals surface area (Å²) in [4.78, 5) is 4.61. The number of pyridine rings is 1. The smallest absolute Gasteiger partial charge is 0.145 e. The number of hydrogen-bond donors (Lipinski definition) is 1. The lowest BCUT2D eigenvalue weighted by atomic mass is 10.0. The van der Waals surface area contributed by atoms with Crippen molar-refractivity contribution in [2.45, 2.75) is 26.7 Å². The van der Waals surface area contributed by atoms with Crippen LogP contribution in [0.3, 0.4) is 0 Å². The minimum absolute atomic E-state index is 0.660. The standard InChI is InChI=1S/C15H20N2O/c1-3-18-14-8-4-7-13-12(6-5-9-16)10-11(2)17-15(13)14/h4,7-8,10H,3,5-6,9,16H2,1-2H3. The molecule has 0 bridgehead atoms. The average Bonchev–Trinajstić information content (AvgIpc) is 2.37. The van der Waals surface area contributed by atoms with E-state index in [4.69, 9.17) is 10.5 Å². The molecule has 18 heavy (non-hydrogen) atoms. The van der Waals surface area contributed by atoms with Gasteiger partial charge in [0.15, 0.2) is 0 Å². The highest BCUT2D eigenvalue weighted by molar-refractivity contribution is 5.87. The summed E-state index contributed by atoms with van der Waals surface area (Å²) in [6.07, 6.45) is 1.99. The van der Waals surface area contributed by atoms with Crippen molar-refractivity contribution in [1.29, 1.82) is 0 Å². The Kier molecular flexibility index (Phi) is 4.15. The van der Waals surface area contributed by atoms with Crippen LogP contribution in [-0.2, 0) is 6.42 Å². The van der Waals surface area contributed by atoms with Crippen LogP contribution in [0.25, 0.3) is 10.9 Å². The van der Waals surface area contributed by atoms with E-state index in [1.807, 2.05) is 26.0 Å². The summed E-state index contributed by atoms with van der Waals surface area (Å²) in [5, 5.41) is 1.18. The van der Waals surface area contributed by atoms with E-state index in [0.717, 1.165) is 29.8 Å². The van der Waals surface area contributed by atoms with Gasteiger partial charge in [0.25, 0.3) is 0 Å². The van der Waals surface area contributed by atoms with Crippen molar-refractivity contribution in [2.24, 2.45) is 5.73 Å². The summed E-state index contributed by atoms with van der Waals surface area (Å²) >= 11 is 0. The molecule has 0 saturated carbocycles. The molecule has 0 fully saturated rings. The Balaban J connectivity index is 2.54. The van der Waals surface area contributed by atoms with Gasteiger partial charge in [-0.3, -0.25) is 0 Å². The highest BCUT2D eigenvalue weighted by Crippen LogP contribution is 2.27. The van der Waals surface area contributed by atoms with E-state index in [2.05, 4.69) is 17.1 Å². The number of para-hydroxylation sites is 1. The van der Waals surface area contributed by atoms with Crippen molar-refractivity contribution < 1.29 is 4.74 Å². The second-order valence-corrected chi connectivity index (χ2v) is 4.40. The summed E-state index contributed by atoms with van der Waals surface area (Å²) in [6, 6.07) is 8.26. The summed E-state index contributed by atoms with van der Waals surface area (Å²) in [6.45, 7) is 5.39. The number of benzene rings is 1. The largest absolute Gasteiger partial charge is 0.492 e. The summed E-state index contributed by atoms with van der Waals surface area (Å²) in [7, 11) is 0. The molecular formula is C15H20N2O. The third-order valence-electron chi connectivity index (χ3n) is 2.97. The Hall–Kier alpha value is -1.61. The number of aromatic nitrogens is 1. The quantitative estimate of drug-likeness (QED) is 0.879. The highest BCUT2D eigenvalue weighted by atomic mass is 16.5. The van der Waals surface area contributed by atoms with Gasteiger partial charge in [0.1, 0.15) is 11.3 Å². The van der Waals surface area contributed by atoms with Crippen molar-refractivity contribution in [3.63, 3.8) is 0 Å². The van der Waals surface area contributed by atoms with Gasteiger partial charge >= 0.3 is 0 Å². The fraction of sp³-hybridized carbons (Fsp3) is 0.400. The molecule has 0 aliphatic rings. The van der Waals surface area contributed by atoms with Gasteiger partial charge in [0, 0.05) is 11.1 Å². The molecule has 0 saturated heterocycles. The summed E-state index contributed by atoms with van der Waals surface area (Å²) in [5.41, 5.74) is 8.90. The minimum Gasteiger partial charge on any atom is -0.492 e. The van der Waals surface area contributed by atoms with Crippen molar-refractivity contribution in [1.82, 2.24) is 4.98 Å². The second-order valence-electron chi connectivity index (χ2n) is 4.40. The lowest BCUT2D eigenvalue weighted by Crippen LogP contribution is -2.02. The van der Waals surface area contributed by atoms with Crippen molar-refractivity contribution in [3.8, 4) is 5.75 Å². The Morgan fingerprint density at radius 2 is 2.17 bits per heavy atom. The average molecular weight is 244 g/mol. The maximum Gasteiger partial charge on any atom is 0.145 e. The fourth-order valence-corrected chi connectivity index (χ4v) is 2.21. The highest BCUT2D eigenvalue weighted by Gasteiger charge is 2.08. The fourth-order valence-electron chi connectivity index (χ4n) is 2.21. The topological polar surface area (TPSA) is 48.1 Å². The Morgan fingerprint density at radius 1 is 1.33 bits per heavy atom. The lowest BCUT2D eigenvalue weighted by molar-refractivity contribution is 0.343. The molecule has 2 N–H and O–H groups in total. The van der Waals surface area contributed by atoms with Crippen molar-refractivity contribution in [2.75, 3.05) is 13.2 Å². The number of nitrogens with two attached hydrogens (primary N) is 1. The van der Waals surface area contributed by atoms with Gasteiger partial charge in [-0.15, -0.1) is 0 Å². The van der Waals surface area contributed by atoms with Crippen LogP contribution in [0.15, 0.2) is 24.3 Å². The molecular weight excluding hydrogens is 224 g/mol. The van der Waals surface area contributed by atoms with Crippen LogP contribution in [0.1, 0.15) is 24.6 Å². The zero-order chi connectivity index (χ0) is 13.0. The molecule has 0 unspecified atom stereocenters. The molecule has 0 spiro atoms. The molecule has 0 atom stereocenters. The van der Waals surface area contributed by atoms with Crippen LogP contribution in [0.5, 0.6) is 5.75 Å². The number of aryl methyl sites for hydroxylation is 2. The molecule has 2 rings (SSSR count).